The van der Waals surface area contributed by atoms with Gasteiger partial charge in [-0.2, -0.15) is 0 Å². The molecule has 1 fully saturated rings. The summed E-state index contributed by atoms with van der Waals surface area (Å²) in [5.41, 5.74) is 0.300. The highest BCUT2D eigenvalue weighted by molar-refractivity contribution is 5.14. The van der Waals surface area contributed by atoms with E-state index >= 15 is 0 Å². The van der Waals surface area contributed by atoms with Crippen LogP contribution in [0.5, 0.6) is 0 Å². The fraction of sp³-hybridized carbons (Fsp3) is 0.750. The minimum atomic E-state index is 0.300. The van der Waals surface area contributed by atoms with Crippen molar-refractivity contribution >= 4 is 0 Å². The topological polar surface area (TPSA) is 3.24 Å². The van der Waals surface area contributed by atoms with E-state index in [2.05, 4.69) is 50.1 Å². The smallest absolute Gasteiger partial charge is 0.0173 e. The summed E-state index contributed by atoms with van der Waals surface area (Å²) in [6.07, 6.45) is 15.0. The summed E-state index contributed by atoms with van der Waals surface area (Å²) >= 11 is 0. The van der Waals surface area contributed by atoms with Crippen molar-refractivity contribution < 1.29 is 0 Å². The van der Waals surface area contributed by atoms with Crippen molar-refractivity contribution in [1.82, 2.24) is 4.90 Å². The minimum Gasteiger partial charge on any atom is -0.378 e. The maximum atomic E-state index is 2.47. The lowest BCUT2D eigenvalue weighted by Gasteiger charge is -2.31. The summed E-state index contributed by atoms with van der Waals surface area (Å²) < 4.78 is 0. The molecule has 0 bridgehead atoms. The fourth-order valence-electron chi connectivity index (χ4n) is 2.86. The van der Waals surface area contributed by atoms with E-state index < -0.39 is 0 Å². The van der Waals surface area contributed by atoms with Crippen molar-refractivity contribution in [3.8, 4) is 0 Å². The van der Waals surface area contributed by atoms with Gasteiger partial charge in [0.1, 0.15) is 0 Å². The predicted octanol–water partition coefficient (Wildman–Crippen LogP) is 4.22. The Morgan fingerprint density at radius 1 is 1.29 bits per heavy atom. The van der Waals surface area contributed by atoms with Crippen LogP contribution in [0.25, 0.3) is 0 Å². The summed E-state index contributed by atoms with van der Waals surface area (Å²) in [4.78, 5) is 2.47. The molecule has 0 N–H and O–H groups in total. The lowest BCUT2D eigenvalue weighted by molar-refractivity contribution is 0.337. The normalized spacial score (nSPS) is 34.1. The van der Waals surface area contributed by atoms with Gasteiger partial charge in [0.15, 0.2) is 0 Å². The quantitative estimate of drug-likeness (QED) is 0.660. The third kappa shape index (κ3) is 3.37. The molecule has 0 radical (unpaired) electrons. The second-order valence-electron chi connectivity index (χ2n) is 6.37. The molecule has 1 heteroatoms. The number of allylic oxidation sites excluding steroid dienone is 3. The highest BCUT2D eigenvalue weighted by atomic mass is 15.1. The van der Waals surface area contributed by atoms with Crippen molar-refractivity contribution in [3.05, 3.63) is 24.4 Å². The molecule has 2 unspecified atom stereocenters. The van der Waals surface area contributed by atoms with Gasteiger partial charge in [-0.15, -0.1) is 0 Å². The third-order valence-electron chi connectivity index (χ3n) is 4.40. The first-order valence-corrected chi connectivity index (χ1v) is 7.22. The van der Waals surface area contributed by atoms with Gasteiger partial charge < -0.3 is 4.90 Å². The lowest BCUT2D eigenvalue weighted by atomic mass is 9.74. The Kier molecular flexibility index (Phi) is 3.96. The van der Waals surface area contributed by atoms with Crippen molar-refractivity contribution in [2.45, 2.75) is 46.5 Å². The summed E-state index contributed by atoms with van der Waals surface area (Å²) in [5, 5.41) is 0. The Morgan fingerprint density at radius 2 is 2.00 bits per heavy atom. The second-order valence-corrected chi connectivity index (χ2v) is 6.37. The van der Waals surface area contributed by atoms with Crippen LogP contribution in [0, 0.1) is 17.3 Å². The standard InChI is InChI=1S/C16H27N/c1-14(2)15-6-8-16(3,9-7-15)10-13-17-11-4-5-12-17/h6,8,10,13-15H,4-5,7,9,11-12H2,1-3H3/b13-10+. The molecule has 2 aliphatic rings. The molecule has 0 spiro atoms. The van der Waals surface area contributed by atoms with Crippen LogP contribution in [0.4, 0.5) is 0 Å². The molecule has 2 atom stereocenters. The number of likely N-dealkylation sites (tertiary alicyclic amines) is 1. The monoisotopic (exact) mass is 233 g/mol. The van der Waals surface area contributed by atoms with Gasteiger partial charge in [-0.05, 0) is 43.7 Å². The number of nitrogens with zero attached hydrogens (tertiary/aromatic N) is 1. The summed E-state index contributed by atoms with van der Waals surface area (Å²) in [6.45, 7) is 9.54. The molecule has 1 aliphatic carbocycles. The Morgan fingerprint density at radius 3 is 2.53 bits per heavy atom. The van der Waals surface area contributed by atoms with E-state index in [-0.39, 0.29) is 0 Å². The maximum absolute atomic E-state index is 2.47. The van der Waals surface area contributed by atoms with Crippen LogP contribution in [-0.2, 0) is 0 Å². The number of hydrogen-bond donors (Lipinski definition) is 0. The zero-order valence-corrected chi connectivity index (χ0v) is 11.7. The Bertz CT molecular complexity index is 297. The molecule has 17 heavy (non-hydrogen) atoms. The average molecular weight is 233 g/mol. The predicted molar refractivity (Wildman–Crippen MR) is 74.8 cm³/mol. The molecule has 0 aromatic carbocycles. The third-order valence-corrected chi connectivity index (χ3v) is 4.40. The van der Waals surface area contributed by atoms with E-state index in [1.807, 2.05) is 0 Å². The SMILES string of the molecule is CC(C)C1C=CC(C)(/C=C/N2CCCC2)CC1. The van der Waals surface area contributed by atoms with Gasteiger partial charge in [-0.25, -0.2) is 0 Å². The molecule has 96 valence electrons. The number of hydrogen-bond acceptors (Lipinski definition) is 1. The van der Waals surface area contributed by atoms with Crippen LogP contribution in [0.3, 0.4) is 0 Å². The van der Waals surface area contributed by atoms with Crippen LogP contribution in [0.15, 0.2) is 24.4 Å². The van der Waals surface area contributed by atoms with Crippen LogP contribution in [-0.4, -0.2) is 18.0 Å². The van der Waals surface area contributed by atoms with Crippen LogP contribution < -0.4 is 0 Å². The van der Waals surface area contributed by atoms with Gasteiger partial charge in [-0.1, -0.05) is 39.0 Å². The zero-order chi connectivity index (χ0) is 12.3. The van der Waals surface area contributed by atoms with Gasteiger partial charge in [0.05, 0.1) is 0 Å². The Labute approximate surface area is 107 Å². The van der Waals surface area contributed by atoms with Crippen molar-refractivity contribution in [2.24, 2.45) is 17.3 Å². The van der Waals surface area contributed by atoms with E-state index in [1.54, 1.807) is 0 Å². The highest BCUT2D eigenvalue weighted by Crippen LogP contribution is 2.36. The molecular weight excluding hydrogens is 206 g/mol. The average Bonchev–Trinajstić information content (AvgIpc) is 2.80. The van der Waals surface area contributed by atoms with Gasteiger partial charge in [-0.3, -0.25) is 0 Å². The lowest BCUT2D eigenvalue weighted by Crippen LogP contribution is -2.21. The fourth-order valence-corrected chi connectivity index (χ4v) is 2.86. The minimum absolute atomic E-state index is 0.300. The van der Waals surface area contributed by atoms with E-state index in [1.165, 1.54) is 38.8 Å². The number of rotatable bonds is 3. The van der Waals surface area contributed by atoms with Crippen molar-refractivity contribution in [3.63, 3.8) is 0 Å². The summed E-state index contributed by atoms with van der Waals surface area (Å²) in [7, 11) is 0. The van der Waals surface area contributed by atoms with Crippen LogP contribution in [0.2, 0.25) is 0 Å². The Balaban J connectivity index is 1.93. The van der Waals surface area contributed by atoms with Gasteiger partial charge in [0.25, 0.3) is 0 Å². The van der Waals surface area contributed by atoms with Crippen molar-refractivity contribution in [2.75, 3.05) is 13.1 Å². The van der Waals surface area contributed by atoms with Crippen molar-refractivity contribution in [1.29, 1.82) is 0 Å². The largest absolute Gasteiger partial charge is 0.378 e. The molecule has 1 aliphatic heterocycles. The Hall–Kier alpha value is -0.720. The van der Waals surface area contributed by atoms with E-state index in [4.69, 9.17) is 0 Å². The highest BCUT2D eigenvalue weighted by Gasteiger charge is 2.25. The van der Waals surface area contributed by atoms with E-state index in [0.717, 1.165) is 11.8 Å². The molecule has 1 saturated heterocycles. The molecular formula is C16H27N. The molecule has 0 aromatic rings. The van der Waals surface area contributed by atoms with Gasteiger partial charge in [0.2, 0.25) is 0 Å². The molecule has 1 nitrogen and oxygen atoms in total. The van der Waals surface area contributed by atoms with Crippen LogP contribution >= 0.6 is 0 Å². The first-order valence-electron chi connectivity index (χ1n) is 7.22. The molecule has 2 rings (SSSR count). The summed E-state index contributed by atoms with van der Waals surface area (Å²) in [5.74, 6) is 1.58. The maximum Gasteiger partial charge on any atom is 0.0173 e. The molecule has 1 heterocycles. The second kappa shape index (κ2) is 5.29. The molecule has 0 amide bonds. The van der Waals surface area contributed by atoms with E-state index in [9.17, 15) is 0 Å². The first kappa shape index (κ1) is 12.7. The molecule has 0 aromatic heterocycles. The summed E-state index contributed by atoms with van der Waals surface area (Å²) in [6, 6.07) is 0. The molecule has 0 saturated carbocycles. The van der Waals surface area contributed by atoms with Gasteiger partial charge in [0, 0.05) is 18.5 Å². The zero-order valence-electron chi connectivity index (χ0n) is 11.7. The van der Waals surface area contributed by atoms with E-state index in [0.29, 0.717) is 5.41 Å². The van der Waals surface area contributed by atoms with Gasteiger partial charge >= 0.3 is 0 Å². The first-order chi connectivity index (χ1) is 8.09. The van der Waals surface area contributed by atoms with Crippen LogP contribution in [0.1, 0.15) is 46.5 Å².